The second-order valence-electron chi connectivity index (χ2n) is 9.52. The molecular formula is C26H25F9N8O6. The average molecular weight is 717 g/mol. The van der Waals surface area contributed by atoms with Gasteiger partial charge in [0, 0.05) is 81.9 Å². The van der Waals surface area contributed by atoms with Gasteiger partial charge in [-0.1, -0.05) is 0 Å². The average Bonchev–Trinajstić information content (AvgIpc) is 3.63. The number of alkyl halides is 9. The van der Waals surface area contributed by atoms with Gasteiger partial charge in [-0.2, -0.15) is 44.6 Å². The number of pyridine rings is 1. The molecule has 0 unspecified atom stereocenters. The van der Waals surface area contributed by atoms with Crippen molar-refractivity contribution in [1.82, 2.24) is 34.0 Å². The summed E-state index contributed by atoms with van der Waals surface area (Å²) in [6.45, 7) is 4.80. The van der Waals surface area contributed by atoms with E-state index in [1.807, 2.05) is 48.6 Å². The zero-order valence-corrected chi connectivity index (χ0v) is 24.8. The Hall–Kier alpha value is -5.48. The zero-order valence-electron chi connectivity index (χ0n) is 24.8. The Kier molecular flexibility index (Phi) is 13.4. The van der Waals surface area contributed by atoms with Crippen molar-refractivity contribution in [1.29, 1.82) is 0 Å². The quantitative estimate of drug-likeness (QED) is 0.261. The van der Waals surface area contributed by atoms with Crippen molar-refractivity contribution < 1.29 is 69.2 Å². The first-order chi connectivity index (χ1) is 22.6. The van der Waals surface area contributed by atoms with Gasteiger partial charge in [0.1, 0.15) is 0 Å². The number of hydrogen-bond donors (Lipinski definition) is 3. The molecule has 4 aromatic heterocycles. The minimum absolute atomic E-state index is 0.898. The molecule has 0 aliphatic carbocycles. The predicted octanol–water partition coefficient (Wildman–Crippen LogP) is 3.75. The number of nitrogens with zero attached hydrogens (tertiary/aromatic N) is 8. The lowest BCUT2D eigenvalue weighted by molar-refractivity contribution is -0.193. The topological polar surface area (TPSA) is 179 Å². The number of aryl methyl sites for hydroxylation is 1. The van der Waals surface area contributed by atoms with Gasteiger partial charge in [0.2, 0.25) is 0 Å². The van der Waals surface area contributed by atoms with E-state index in [0.29, 0.717) is 0 Å². The molecule has 3 N–H and O–H groups in total. The van der Waals surface area contributed by atoms with Crippen molar-refractivity contribution in [3.63, 3.8) is 0 Å². The second-order valence-corrected chi connectivity index (χ2v) is 9.52. The number of hydrogen-bond acceptors (Lipinski definition) is 9. The molecule has 0 aromatic carbocycles. The van der Waals surface area contributed by atoms with Gasteiger partial charge in [0.05, 0.1) is 18.1 Å². The van der Waals surface area contributed by atoms with Gasteiger partial charge in [-0.15, -0.1) is 0 Å². The summed E-state index contributed by atoms with van der Waals surface area (Å²) < 4.78 is 99.2. The number of carboxylic acid groups (broad SMARTS) is 3. The fourth-order valence-corrected chi connectivity index (χ4v) is 3.79. The van der Waals surface area contributed by atoms with E-state index in [1.165, 1.54) is 5.56 Å². The summed E-state index contributed by atoms with van der Waals surface area (Å²) >= 11 is 0. The summed E-state index contributed by atoms with van der Waals surface area (Å²) in [5.41, 5.74) is 4.30. The number of aromatic nitrogens is 6. The van der Waals surface area contributed by atoms with Crippen LogP contribution >= 0.6 is 0 Å². The van der Waals surface area contributed by atoms with Crippen LogP contribution in [-0.4, -0.2) is 112 Å². The summed E-state index contributed by atoms with van der Waals surface area (Å²) in [4.78, 5) is 44.9. The molecular weight excluding hydrogens is 691 g/mol. The van der Waals surface area contributed by atoms with Gasteiger partial charge in [0.15, 0.2) is 11.5 Å². The Morgan fingerprint density at radius 3 is 1.67 bits per heavy atom. The highest BCUT2D eigenvalue weighted by molar-refractivity contribution is 5.74. The standard InChI is InChI=1S/C20H22N8.3C2HF3O2/c1-25-14-16(12-24-25)15-26-8-10-27(11-9-26)19-20-23-13-18(28(20)7-6-22-19)17-2-4-21-5-3-17;3*3-2(4,5)1(6)7/h2-7,12-14H,8-11,15H2,1H3;3*(H,6,7). The summed E-state index contributed by atoms with van der Waals surface area (Å²) in [6, 6.07) is 4.00. The molecule has 5 heterocycles. The molecule has 4 aromatic rings. The monoisotopic (exact) mass is 716 g/mol. The van der Waals surface area contributed by atoms with E-state index < -0.39 is 36.4 Å². The Morgan fingerprint density at radius 2 is 1.24 bits per heavy atom. The number of carbonyl (C=O) groups is 3. The lowest BCUT2D eigenvalue weighted by Gasteiger charge is -2.35. The molecule has 0 radical (unpaired) electrons. The second kappa shape index (κ2) is 16.6. The van der Waals surface area contributed by atoms with E-state index in [4.69, 9.17) is 29.7 Å². The van der Waals surface area contributed by atoms with Crippen molar-refractivity contribution in [3.8, 4) is 11.3 Å². The molecule has 1 aliphatic heterocycles. The lowest BCUT2D eigenvalue weighted by Crippen LogP contribution is -2.46. The number of fused-ring (bicyclic) bond motifs is 1. The third kappa shape index (κ3) is 12.6. The summed E-state index contributed by atoms with van der Waals surface area (Å²) in [6.07, 6.45) is -1.87. The van der Waals surface area contributed by atoms with Crippen LogP contribution < -0.4 is 4.90 Å². The van der Waals surface area contributed by atoms with E-state index in [-0.39, 0.29) is 0 Å². The number of rotatable bonds is 4. The van der Waals surface area contributed by atoms with Crippen LogP contribution in [0.25, 0.3) is 16.9 Å². The third-order valence-corrected chi connectivity index (χ3v) is 5.95. The number of piperazine rings is 1. The molecule has 0 atom stereocenters. The summed E-state index contributed by atoms with van der Waals surface area (Å²) in [5.74, 6) is -7.32. The normalized spacial score (nSPS) is 13.6. The van der Waals surface area contributed by atoms with Crippen molar-refractivity contribution >= 4 is 29.4 Å². The highest BCUT2D eigenvalue weighted by Gasteiger charge is 2.39. The van der Waals surface area contributed by atoms with Gasteiger partial charge in [-0.25, -0.2) is 24.4 Å². The van der Waals surface area contributed by atoms with Crippen LogP contribution in [0.3, 0.4) is 0 Å². The van der Waals surface area contributed by atoms with Crippen LogP contribution in [0.2, 0.25) is 0 Å². The Labute approximate surface area is 268 Å². The zero-order chi connectivity index (χ0) is 37.2. The SMILES string of the molecule is Cn1cc(CN2CCN(c3nccn4c(-c5ccncc5)cnc34)CC2)cn1.O=C(O)C(F)(F)F.O=C(O)C(F)(F)F.O=C(O)C(F)(F)F. The van der Waals surface area contributed by atoms with Gasteiger partial charge >= 0.3 is 36.4 Å². The molecule has 1 aliphatic rings. The highest BCUT2D eigenvalue weighted by atomic mass is 19.4. The van der Waals surface area contributed by atoms with Crippen molar-refractivity contribution in [3.05, 3.63) is 61.1 Å². The smallest absolute Gasteiger partial charge is 0.475 e. The Balaban J connectivity index is 0.000000325. The van der Waals surface area contributed by atoms with Gasteiger partial charge in [0.25, 0.3) is 0 Å². The number of imidazole rings is 1. The van der Waals surface area contributed by atoms with Crippen LogP contribution in [0.1, 0.15) is 5.56 Å². The highest BCUT2D eigenvalue weighted by Crippen LogP contribution is 2.25. The molecule has 49 heavy (non-hydrogen) atoms. The van der Waals surface area contributed by atoms with Crippen LogP contribution in [-0.2, 0) is 28.0 Å². The Bertz CT molecular complexity index is 1630. The minimum atomic E-state index is -5.08. The molecule has 0 amide bonds. The first-order valence-electron chi connectivity index (χ1n) is 13.2. The van der Waals surface area contributed by atoms with E-state index in [2.05, 4.69) is 40.4 Å². The number of carboxylic acids is 3. The number of halogens is 9. The maximum atomic E-state index is 10.6. The van der Waals surface area contributed by atoms with Crippen molar-refractivity contribution in [2.45, 2.75) is 25.1 Å². The molecule has 14 nitrogen and oxygen atoms in total. The van der Waals surface area contributed by atoms with E-state index in [0.717, 1.165) is 55.4 Å². The van der Waals surface area contributed by atoms with E-state index in [9.17, 15) is 39.5 Å². The van der Waals surface area contributed by atoms with Crippen LogP contribution in [0.5, 0.6) is 0 Å². The molecule has 0 bridgehead atoms. The summed E-state index contributed by atoms with van der Waals surface area (Å²) in [5, 5.41) is 25.6. The van der Waals surface area contributed by atoms with Crippen molar-refractivity contribution in [2.24, 2.45) is 7.05 Å². The van der Waals surface area contributed by atoms with E-state index in [1.54, 1.807) is 12.4 Å². The fraction of sp³-hybridized carbons (Fsp3) is 0.346. The Morgan fingerprint density at radius 1 is 0.755 bits per heavy atom. The minimum Gasteiger partial charge on any atom is -0.475 e. The fourth-order valence-electron chi connectivity index (χ4n) is 3.79. The van der Waals surface area contributed by atoms with Gasteiger partial charge in [-0.05, 0) is 12.1 Å². The largest absolute Gasteiger partial charge is 0.490 e. The lowest BCUT2D eigenvalue weighted by atomic mass is 10.2. The molecule has 268 valence electrons. The first kappa shape index (κ1) is 39.7. The predicted molar refractivity (Wildman–Crippen MR) is 148 cm³/mol. The van der Waals surface area contributed by atoms with Crippen molar-refractivity contribution in [2.75, 3.05) is 31.1 Å². The summed E-state index contributed by atoms with van der Waals surface area (Å²) in [7, 11) is 1.96. The number of aliphatic carboxylic acids is 3. The number of anilines is 1. The molecule has 0 saturated carbocycles. The maximum absolute atomic E-state index is 10.6. The van der Waals surface area contributed by atoms with Crippen LogP contribution in [0, 0.1) is 0 Å². The molecule has 0 spiro atoms. The molecule has 1 fully saturated rings. The third-order valence-electron chi connectivity index (χ3n) is 5.95. The van der Waals surface area contributed by atoms with E-state index >= 15 is 0 Å². The maximum Gasteiger partial charge on any atom is 0.490 e. The molecule has 23 heteroatoms. The van der Waals surface area contributed by atoms with Gasteiger partial charge in [-0.3, -0.25) is 19.0 Å². The first-order valence-corrected chi connectivity index (χ1v) is 13.2. The molecule has 1 saturated heterocycles. The van der Waals surface area contributed by atoms with Crippen LogP contribution in [0.4, 0.5) is 45.3 Å². The molecule has 5 rings (SSSR count). The van der Waals surface area contributed by atoms with Crippen LogP contribution in [0.15, 0.2) is 55.5 Å². The van der Waals surface area contributed by atoms with Gasteiger partial charge < -0.3 is 20.2 Å².